The van der Waals surface area contributed by atoms with Gasteiger partial charge in [0, 0.05) is 12.6 Å². The second-order valence-corrected chi connectivity index (χ2v) is 8.36. The van der Waals surface area contributed by atoms with E-state index in [0.29, 0.717) is 39.0 Å². The molecule has 1 atom stereocenters. The molecule has 1 N–H and O–H groups in total. The number of aromatic amines is 1. The SMILES string of the molecule is COc1ccc(-n2c([C@@H]3CCCN3c3ncnc4nc[nH]c34)nc3cccc(Cl)c3c2=O)cn1. The van der Waals surface area contributed by atoms with Crippen LogP contribution in [0.3, 0.4) is 0 Å². The first-order valence-corrected chi connectivity index (χ1v) is 11.2. The lowest BCUT2D eigenvalue weighted by molar-refractivity contribution is 0.397. The van der Waals surface area contributed by atoms with Crippen molar-refractivity contribution in [2.24, 2.45) is 0 Å². The smallest absolute Gasteiger partial charge is 0.267 e. The van der Waals surface area contributed by atoms with Gasteiger partial charge in [-0.05, 0) is 31.0 Å². The molecule has 0 saturated carbocycles. The highest BCUT2D eigenvalue weighted by atomic mass is 35.5. The molecule has 1 saturated heterocycles. The number of anilines is 1. The van der Waals surface area contributed by atoms with Gasteiger partial charge in [0.2, 0.25) is 5.88 Å². The Morgan fingerprint density at radius 2 is 2.06 bits per heavy atom. The zero-order chi connectivity index (χ0) is 23.2. The van der Waals surface area contributed by atoms with Crippen molar-refractivity contribution in [1.29, 1.82) is 0 Å². The number of hydrogen-bond acceptors (Lipinski definition) is 8. The van der Waals surface area contributed by atoms with Crippen molar-refractivity contribution in [3.8, 4) is 11.6 Å². The molecule has 10 nitrogen and oxygen atoms in total. The molecule has 1 fully saturated rings. The van der Waals surface area contributed by atoms with Crippen LogP contribution in [0.15, 0.2) is 54.0 Å². The predicted molar refractivity (Wildman–Crippen MR) is 128 cm³/mol. The van der Waals surface area contributed by atoms with Gasteiger partial charge in [0.15, 0.2) is 11.5 Å². The molecule has 1 aromatic carbocycles. The maximum Gasteiger partial charge on any atom is 0.267 e. The molecule has 0 radical (unpaired) electrons. The lowest BCUT2D eigenvalue weighted by Gasteiger charge is -2.27. The van der Waals surface area contributed by atoms with Crippen molar-refractivity contribution in [3.63, 3.8) is 0 Å². The fraction of sp³-hybridized carbons (Fsp3) is 0.217. The third-order valence-electron chi connectivity index (χ3n) is 6.09. The van der Waals surface area contributed by atoms with E-state index in [-0.39, 0.29) is 11.6 Å². The summed E-state index contributed by atoms with van der Waals surface area (Å²) in [6, 6.07) is 8.59. The van der Waals surface area contributed by atoms with Gasteiger partial charge in [-0.1, -0.05) is 17.7 Å². The standard InChI is InChI=1S/C23H19ClN8O2/c1-34-17-8-7-13(10-25-17)32-21(30-15-5-2-4-14(24)18(15)23(32)33)16-6-3-9-31(16)22-19-20(27-11-26-19)28-12-29-22/h2,4-5,7-8,10-12,16H,3,6,9H2,1H3,(H,26,27,28,29)/t16-/m0/s1. The highest BCUT2D eigenvalue weighted by Crippen LogP contribution is 2.37. The number of fused-ring (bicyclic) bond motifs is 2. The van der Waals surface area contributed by atoms with Gasteiger partial charge >= 0.3 is 0 Å². The summed E-state index contributed by atoms with van der Waals surface area (Å²) in [7, 11) is 1.55. The zero-order valence-electron chi connectivity index (χ0n) is 18.1. The van der Waals surface area contributed by atoms with Gasteiger partial charge in [-0.3, -0.25) is 9.36 Å². The molecule has 0 bridgehead atoms. The van der Waals surface area contributed by atoms with Crippen LogP contribution >= 0.6 is 11.6 Å². The topological polar surface area (TPSA) is 115 Å². The van der Waals surface area contributed by atoms with Crippen molar-refractivity contribution >= 4 is 39.5 Å². The Kier molecular flexibility index (Phi) is 4.88. The molecule has 170 valence electrons. The highest BCUT2D eigenvalue weighted by molar-refractivity contribution is 6.35. The Labute approximate surface area is 198 Å². The van der Waals surface area contributed by atoms with Gasteiger partial charge in [-0.2, -0.15) is 0 Å². The average molecular weight is 475 g/mol. The third-order valence-corrected chi connectivity index (χ3v) is 6.40. The number of imidazole rings is 1. The van der Waals surface area contributed by atoms with Gasteiger partial charge in [0.05, 0.1) is 47.3 Å². The van der Waals surface area contributed by atoms with Crippen LogP contribution in [0.5, 0.6) is 5.88 Å². The summed E-state index contributed by atoms with van der Waals surface area (Å²) in [5.74, 6) is 1.77. The number of methoxy groups -OCH3 is 1. The van der Waals surface area contributed by atoms with E-state index in [1.807, 2.05) is 0 Å². The summed E-state index contributed by atoms with van der Waals surface area (Å²) >= 11 is 6.43. The van der Waals surface area contributed by atoms with Gasteiger partial charge in [-0.25, -0.2) is 24.9 Å². The van der Waals surface area contributed by atoms with Gasteiger partial charge in [0.1, 0.15) is 17.7 Å². The summed E-state index contributed by atoms with van der Waals surface area (Å²) in [5, 5.41) is 0.723. The normalized spacial score (nSPS) is 15.9. The number of rotatable bonds is 4. The molecule has 11 heteroatoms. The molecular formula is C23H19ClN8O2. The van der Waals surface area contributed by atoms with Crippen LogP contribution < -0.4 is 15.2 Å². The van der Waals surface area contributed by atoms with E-state index in [4.69, 9.17) is 21.3 Å². The molecule has 5 heterocycles. The Hall–Kier alpha value is -4.05. The second kappa shape index (κ2) is 8.07. The number of benzene rings is 1. The van der Waals surface area contributed by atoms with E-state index < -0.39 is 0 Å². The van der Waals surface area contributed by atoms with Gasteiger partial charge in [0.25, 0.3) is 5.56 Å². The molecule has 34 heavy (non-hydrogen) atoms. The van der Waals surface area contributed by atoms with E-state index in [1.165, 1.54) is 6.33 Å². The number of halogens is 1. The average Bonchev–Trinajstić information content (AvgIpc) is 3.54. The Morgan fingerprint density at radius 1 is 1.15 bits per heavy atom. The molecule has 1 aliphatic rings. The summed E-state index contributed by atoms with van der Waals surface area (Å²) < 4.78 is 6.79. The molecule has 0 amide bonds. The molecule has 1 aliphatic heterocycles. The van der Waals surface area contributed by atoms with Crippen LogP contribution in [0.2, 0.25) is 5.02 Å². The minimum atomic E-state index is -0.251. The van der Waals surface area contributed by atoms with Crippen molar-refractivity contribution < 1.29 is 4.74 Å². The third kappa shape index (κ3) is 3.18. The van der Waals surface area contributed by atoms with Crippen LogP contribution in [-0.4, -0.2) is 48.1 Å². The van der Waals surface area contributed by atoms with Crippen molar-refractivity contribution in [1.82, 2.24) is 34.5 Å². The van der Waals surface area contributed by atoms with Crippen LogP contribution in [0.1, 0.15) is 24.7 Å². The number of ether oxygens (including phenoxy) is 1. The Balaban J connectivity index is 1.59. The number of H-pyrrole nitrogens is 1. The monoisotopic (exact) mass is 474 g/mol. The lowest BCUT2D eigenvalue weighted by Crippen LogP contribution is -2.32. The lowest BCUT2D eigenvalue weighted by atomic mass is 10.1. The number of nitrogens with zero attached hydrogens (tertiary/aromatic N) is 7. The molecule has 6 rings (SSSR count). The molecule has 0 unspecified atom stereocenters. The molecular weight excluding hydrogens is 456 g/mol. The van der Waals surface area contributed by atoms with Crippen molar-refractivity contribution in [2.45, 2.75) is 18.9 Å². The number of hydrogen-bond donors (Lipinski definition) is 1. The maximum absolute atomic E-state index is 13.8. The highest BCUT2D eigenvalue weighted by Gasteiger charge is 2.33. The summed E-state index contributed by atoms with van der Waals surface area (Å²) in [6.45, 7) is 0.750. The minimum Gasteiger partial charge on any atom is -0.481 e. The molecule has 0 aliphatic carbocycles. The first kappa shape index (κ1) is 20.5. The maximum atomic E-state index is 13.8. The minimum absolute atomic E-state index is 0.209. The summed E-state index contributed by atoms with van der Waals surface area (Å²) in [5.41, 5.74) is 2.21. The first-order chi connectivity index (χ1) is 16.7. The summed E-state index contributed by atoms with van der Waals surface area (Å²) in [6.07, 6.45) is 6.41. The van der Waals surface area contributed by atoms with E-state index in [1.54, 1.807) is 54.5 Å². The van der Waals surface area contributed by atoms with Crippen LogP contribution in [0, 0.1) is 0 Å². The van der Waals surface area contributed by atoms with E-state index in [9.17, 15) is 4.79 Å². The Bertz CT molecular complexity index is 1580. The number of aromatic nitrogens is 7. The fourth-order valence-electron chi connectivity index (χ4n) is 4.56. The largest absolute Gasteiger partial charge is 0.481 e. The van der Waals surface area contributed by atoms with Gasteiger partial charge < -0.3 is 14.6 Å². The fourth-order valence-corrected chi connectivity index (χ4v) is 4.81. The van der Waals surface area contributed by atoms with Gasteiger partial charge in [-0.15, -0.1) is 0 Å². The molecule has 4 aromatic heterocycles. The van der Waals surface area contributed by atoms with E-state index in [0.717, 1.165) is 30.7 Å². The molecule has 0 spiro atoms. The quantitative estimate of drug-likeness (QED) is 0.421. The van der Waals surface area contributed by atoms with E-state index >= 15 is 0 Å². The summed E-state index contributed by atoms with van der Waals surface area (Å²) in [4.78, 5) is 41.4. The van der Waals surface area contributed by atoms with Crippen LogP contribution in [-0.2, 0) is 0 Å². The van der Waals surface area contributed by atoms with E-state index in [2.05, 4.69) is 29.8 Å². The number of nitrogens with one attached hydrogen (secondary N) is 1. The van der Waals surface area contributed by atoms with Crippen LogP contribution in [0.4, 0.5) is 5.82 Å². The van der Waals surface area contributed by atoms with Crippen LogP contribution in [0.25, 0.3) is 27.8 Å². The predicted octanol–water partition coefficient (Wildman–Crippen LogP) is 3.45. The Morgan fingerprint density at radius 3 is 2.88 bits per heavy atom. The number of pyridine rings is 1. The second-order valence-electron chi connectivity index (χ2n) is 7.95. The van der Waals surface area contributed by atoms with Crippen molar-refractivity contribution in [3.05, 3.63) is 70.4 Å². The first-order valence-electron chi connectivity index (χ1n) is 10.8. The molecule has 5 aromatic rings. The van der Waals surface area contributed by atoms with Crippen molar-refractivity contribution in [2.75, 3.05) is 18.6 Å². The zero-order valence-corrected chi connectivity index (χ0v) is 18.9.